The highest BCUT2D eigenvalue weighted by molar-refractivity contribution is 8.19. The van der Waals surface area contributed by atoms with Crippen molar-refractivity contribution >= 4 is 63.5 Å². The third-order valence-corrected chi connectivity index (χ3v) is 7.24. The minimum Gasteiger partial charge on any atom is -0.483 e. The molecule has 1 saturated heterocycles. The zero-order valence-electron chi connectivity index (χ0n) is 21.9. The first-order valence-electron chi connectivity index (χ1n) is 12.6. The fraction of sp³-hybridized carbons (Fsp3) is 0.0938. The average molecular weight is 568 g/mol. The number of amidine groups is 1. The highest BCUT2D eigenvalue weighted by atomic mass is 35.5. The molecule has 5 rings (SSSR count). The summed E-state index contributed by atoms with van der Waals surface area (Å²) in [5.41, 5.74) is 4.94. The number of aliphatic imine (C=N–C) groups is 1. The third-order valence-electron chi connectivity index (χ3n) is 6.03. The number of hydrogen-bond acceptors (Lipinski definition) is 5. The molecule has 0 bridgehead atoms. The zero-order valence-corrected chi connectivity index (χ0v) is 23.5. The molecule has 0 unspecified atom stereocenters. The largest absolute Gasteiger partial charge is 0.483 e. The van der Waals surface area contributed by atoms with Crippen LogP contribution in [-0.4, -0.2) is 23.6 Å². The van der Waals surface area contributed by atoms with Crippen LogP contribution >= 0.6 is 23.4 Å². The molecule has 0 aromatic heterocycles. The first-order chi connectivity index (χ1) is 19.4. The molecule has 1 N–H and O–H groups in total. The quantitative estimate of drug-likeness (QED) is 0.231. The molecule has 0 radical (unpaired) electrons. The second-order valence-corrected chi connectivity index (χ2v) is 10.6. The molecule has 2 amide bonds. The van der Waals surface area contributed by atoms with Crippen LogP contribution in [0.15, 0.2) is 107 Å². The predicted molar refractivity (Wildman–Crippen MR) is 165 cm³/mol. The van der Waals surface area contributed by atoms with Crippen molar-refractivity contribution in [1.82, 2.24) is 0 Å². The van der Waals surface area contributed by atoms with Crippen LogP contribution in [0.4, 0.5) is 17.1 Å². The van der Waals surface area contributed by atoms with Gasteiger partial charge in [-0.2, -0.15) is 0 Å². The first-order valence-corrected chi connectivity index (χ1v) is 13.8. The van der Waals surface area contributed by atoms with Crippen molar-refractivity contribution in [2.24, 2.45) is 4.99 Å². The van der Waals surface area contributed by atoms with Gasteiger partial charge in [-0.25, -0.2) is 4.99 Å². The third kappa shape index (κ3) is 6.62. The molecule has 1 fully saturated rings. The second kappa shape index (κ2) is 12.2. The Balaban J connectivity index is 1.44. The highest BCUT2D eigenvalue weighted by Gasteiger charge is 2.35. The minimum atomic E-state index is -0.302. The number of thioether (sulfide) groups is 1. The van der Waals surface area contributed by atoms with E-state index < -0.39 is 0 Å². The van der Waals surface area contributed by atoms with Crippen LogP contribution in [0.25, 0.3) is 6.08 Å². The maximum atomic E-state index is 13.7. The average Bonchev–Trinajstić information content (AvgIpc) is 3.24. The van der Waals surface area contributed by atoms with Crippen LogP contribution in [0.1, 0.15) is 16.7 Å². The molecular formula is C32H26ClN3O3S. The smallest absolute Gasteiger partial charge is 0.271 e. The van der Waals surface area contributed by atoms with Crippen molar-refractivity contribution in [3.05, 3.63) is 124 Å². The number of halogens is 1. The molecule has 40 heavy (non-hydrogen) atoms. The fourth-order valence-corrected chi connectivity index (χ4v) is 5.14. The zero-order chi connectivity index (χ0) is 28.1. The molecule has 6 nitrogen and oxygen atoms in total. The van der Waals surface area contributed by atoms with E-state index in [1.807, 2.05) is 80.6 Å². The van der Waals surface area contributed by atoms with Crippen molar-refractivity contribution in [3.8, 4) is 5.75 Å². The number of nitrogens with zero attached hydrogens (tertiary/aromatic N) is 2. The highest BCUT2D eigenvalue weighted by Crippen LogP contribution is 2.39. The van der Waals surface area contributed by atoms with E-state index in [4.69, 9.17) is 21.3 Å². The van der Waals surface area contributed by atoms with Gasteiger partial charge in [-0.3, -0.25) is 14.5 Å². The van der Waals surface area contributed by atoms with E-state index in [1.54, 1.807) is 41.3 Å². The molecule has 4 aromatic carbocycles. The van der Waals surface area contributed by atoms with E-state index in [-0.39, 0.29) is 18.4 Å². The number of para-hydroxylation sites is 1. The molecule has 8 heteroatoms. The van der Waals surface area contributed by atoms with Gasteiger partial charge in [0.15, 0.2) is 11.8 Å². The lowest BCUT2D eigenvalue weighted by atomic mass is 10.1. The van der Waals surface area contributed by atoms with Crippen LogP contribution in [-0.2, 0) is 9.59 Å². The van der Waals surface area contributed by atoms with Crippen molar-refractivity contribution in [2.75, 3.05) is 16.8 Å². The van der Waals surface area contributed by atoms with Gasteiger partial charge in [0.1, 0.15) is 5.75 Å². The number of ether oxygens (including phenoxy) is 1. The van der Waals surface area contributed by atoms with Crippen LogP contribution in [0.5, 0.6) is 5.75 Å². The standard InChI is InChI=1S/C32H26ClN3O3S/c1-21-8-13-26(14-9-21)35-32-36(27-15-10-22(2)11-16-27)31(38)29(40-32)19-23-18-24(33)12-17-28(23)39-20-30(37)34-25-6-4-3-5-7-25/h3-19H,20H2,1-2H3,(H,34,37)/b29-19-,35-32?. The van der Waals surface area contributed by atoms with E-state index in [2.05, 4.69) is 5.32 Å². The number of rotatable bonds is 7. The van der Waals surface area contributed by atoms with Gasteiger partial charge in [-0.05, 0) is 86.3 Å². The number of benzene rings is 4. The Morgan fingerprint density at radius 2 is 1.62 bits per heavy atom. The first kappa shape index (κ1) is 27.2. The number of anilines is 2. The number of carbonyl (C=O) groups is 2. The summed E-state index contributed by atoms with van der Waals surface area (Å²) in [6.07, 6.45) is 1.72. The van der Waals surface area contributed by atoms with Crippen molar-refractivity contribution in [1.29, 1.82) is 0 Å². The molecular weight excluding hydrogens is 542 g/mol. The summed E-state index contributed by atoms with van der Waals surface area (Å²) in [5, 5.41) is 3.81. The number of carbonyl (C=O) groups excluding carboxylic acids is 2. The summed E-state index contributed by atoms with van der Waals surface area (Å²) in [5.74, 6) is -0.0871. The van der Waals surface area contributed by atoms with Gasteiger partial charge in [0.05, 0.1) is 16.3 Å². The van der Waals surface area contributed by atoms with Crippen LogP contribution in [0.2, 0.25) is 5.02 Å². The molecule has 0 atom stereocenters. The molecule has 1 aliphatic heterocycles. The second-order valence-electron chi connectivity index (χ2n) is 9.20. The SMILES string of the molecule is Cc1ccc(N=C2S/C(=C\c3cc(Cl)ccc3OCC(=O)Nc3ccccc3)C(=O)N2c2ccc(C)cc2)cc1. The summed E-state index contributed by atoms with van der Waals surface area (Å²) >= 11 is 7.58. The van der Waals surface area contributed by atoms with Crippen molar-refractivity contribution in [3.63, 3.8) is 0 Å². The number of hydrogen-bond donors (Lipinski definition) is 1. The lowest BCUT2D eigenvalue weighted by molar-refractivity contribution is -0.118. The summed E-state index contributed by atoms with van der Waals surface area (Å²) in [7, 11) is 0. The molecule has 0 spiro atoms. The van der Waals surface area contributed by atoms with Gasteiger partial charge in [0, 0.05) is 16.3 Å². The maximum Gasteiger partial charge on any atom is 0.271 e. The molecule has 0 aliphatic carbocycles. The van der Waals surface area contributed by atoms with Gasteiger partial charge < -0.3 is 10.1 Å². The molecule has 200 valence electrons. The normalized spacial score (nSPS) is 15.1. The van der Waals surface area contributed by atoms with E-state index in [0.717, 1.165) is 22.5 Å². The summed E-state index contributed by atoms with van der Waals surface area (Å²) < 4.78 is 5.85. The van der Waals surface area contributed by atoms with Gasteiger partial charge in [0.2, 0.25) is 0 Å². The Kier molecular flexibility index (Phi) is 8.34. The van der Waals surface area contributed by atoms with E-state index in [0.29, 0.717) is 32.1 Å². The summed E-state index contributed by atoms with van der Waals surface area (Å²) in [4.78, 5) is 33.0. The maximum absolute atomic E-state index is 13.7. The monoisotopic (exact) mass is 567 g/mol. The van der Waals surface area contributed by atoms with Crippen LogP contribution < -0.4 is 15.0 Å². The van der Waals surface area contributed by atoms with Crippen LogP contribution in [0.3, 0.4) is 0 Å². The van der Waals surface area contributed by atoms with Crippen molar-refractivity contribution in [2.45, 2.75) is 13.8 Å². The molecule has 1 aliphatic rings. The Labute approximate surface area is 242 Å². The topological polar surface area (TPSA) is 71.0 Å². The van der Waals surface area contributed by atoms with Crippen molar-refractivity contribution < 1.29 is 14.3 Å². The van der Waals surface area contributed by atoms with Gasteiger partial charge in [0.25, 0.3) is 11.8 Å². The van der Waals surface area contributed by atoms with E-state index in [9.17, 15) is 9.59 Å². The fourth-order valence-electron chi connectivity index (χ4n) is 3.97. The Morgan fingerprint density at radius 1 is 0.950 bits per heavy atom. The Morgan fingerprint density at radius 3 is 2.33 bits per heavy atom. The number of aryl methyl sites for hydroxylation is 2. The number of amides is 2. The van der Waals surface area contributed by atoms with E-state index in [1.165, 1.54) is 11.8 Å². The lowest BCUT2D eigenvalue weighted by Gasteiger charge is -2.16. The van der Waals surface area contributed by atoms with Gasteiger partial charge in [-0.1, -0.05) is 65.2 Å². The molecule has 4 aromatic rings. The predicted octanol–water partition coefficient (Wildman–Crippen LogP) is 7.78. The summed E-state index contributed by atoms with van der Waals surface area (Å²) in [6, 6.07) is 29.8. The number of nitrogens with one attached hydrogen (secondary N) is 1. The minimum absolute atomic E-state index is 0.205. The molecule has 1 heterocycles. The molecule has 0 saturated carbocycles. The van der Waals surface area contributed by atoms with Gasteiger partial charge in [-0.15, -0.1) is 0 Å². The Hall–Kier alpha value is -4.33. The van der Waals surface area contributed by atoms with Crippen LogP contribution in [0, 0.1) is 13.8 Å². The van der Waals surface area contributed by atoms with Gasteiger partial charge >= 0.3 is 0 Å². The lowest BCUT2D eigenvalue weighted by Crippen LogP contribution is -2.28. The Bertz CT molecular complexity index is 1600. The summed E-state index contributed by atoms with van der Waals surface area (Å²) in [6.45, 7) is 3.81. The van der Waals surface area contributed by atoms with E-state index >= 15 is 0 Å².